The Morgan fingerprint density at radius 1 is 0.882 bits per heavy atom. The molecule has 0 heterocycles. The fourth-order valence-electron chi connectivity index (χ4n) is 1.43. The average molecular weight is 249 g/mol. The molecular formula is C13H13ClN2O. The minimum Gasteiger partial charge on any atom is -0.267 e. The maximum absolute atomic E-state index is 11.9. The van der Waals surface area contributed by atoms with Crippen LogP contribution in [0.2, 0.25) is 0 Å². The summed E-state index contributed by atoms with van der Waals surface area (Å²) in [5, 5.41) is 1.15. The molecule has 0 fully saturated rings. The molecule has 0 aromatic heterocycles. The van der Waals surface area contributed by atoms with Gasteiger partial charge in [-0.15, -0.1) is 12.4 Å². The van der Waals surface area contributed by atoms with Crippen LogP contribution >= 0.6 is 12.4 Å². The van der Waals surface area contributed by atoms with E-state index >= 15 is 0 Å². The van der Waals surface area contributed by atoms with E-state index in [0.29, 0.717) is 11.3 Å². The zero-order chi connectivity index (χ0) is 11.4. The van der Waals surface area contributed by atoms with Crippen molar-refractivity contribution in [3.63, 3.8) is 0 Å². The van der Waals surface area contributed by atoms with Crippen molar-refractivity contribution in [3.8, 4) is 0 Å². The van der Waals surface area contributed by atoms with E-state index in [9.17, 15) is 4.79 Å². The molecule has 0 unspecified atom stereocenters. The minimum absolute atomic E-state index is 0. The van der Waals surface area contributed by atoms with Gasteiger partial charge in [-0.25, -0.2) is 10.9 Å². The molecule has 0 radical (unpaired) electrons. The Morgan fingerprint density at radius 2 is 1.35 bits per heavy atom. The van der Waals surface area contributed by atoms with E-state index in [4.69, 9.17) is 5.84 Å². The van der Waals surface area contributed by atoms with Crippen molar-refractivity contribution in [2.45, 2.75) is 0 Å². The summed E-state index contributed by atoms with van der Waals surface area (Å²) in [6.07, 6.45) is 0. The summed E-state index contributed by atoms with van der Waals surface area (Å²) in [5.74, 6) is 5.54. The first-order chi connectivity index (χ1) is 7.79. The molecule has 2 rings (SSSR count). The second-order valence-corrected chi connectivity index (χ2v) is 3.38. The first-order valence-electron chi connectivity index (χ1n) is 4.98. The van der Waals surface area contributed by atoms with Gasteiger partial charge in [-0.2, -0.15) is 0 Å². The smallest absolute Gasteiger partial charge is 0.267 e. The van der Waals surface area contributed by atoms with Crippen LogP contribution in [0.25, 0.3) is 0 Å². The fourth-order valence-corrected chi connectivity index (χ4v) is 1.43. The molecule has 0 atom stereocenters. The number of carbonyl (C=O) groups is 1. The Labute approximate surface area is 106 Å². The topological polar surface area (TPSA) is 46.3 Å². The molecule has 0 saturated carbocycles. The highest BCUT2D eigenvalue weighted by atomic mass is 35.5. The van der Waals surface area contributed by atoms with Crippen molar-refractivity contribution in [2.24, 2.45) is 5.84 Å². The number of hydrogen-bond acceptors (Lipinski definition) is 2. The van der Waals surface area contributed by atoms with Crippen molar-refractivity contribution >= 4 is 24.0 Å². The van der Waals surface area contributed by atoms with Gasteiger partial charge in [-0.1, -0.05) is 36.4 Å². The minimum atomic E-state index is -0.216. The van der Waals surface area contributed by atoms with E-state index in [-0.39, 0.29) is 18.3 Å². The second kappa shape index (κ2) is 6.03. The van der Waals surface area contributed by atoms with E-state index in [1.165, 1.54) is 0 Å². The highest BCUT2D eigenvalue weighted by Crippen LogP contribution is 2.12. The number of benzene rings is 2. The summed E-state index contributed by atoms with van der Waals surface area (Å²) < 4.78 is 0. The summed E-state index contributed by atoms with van der Waals surface area (Å²) in [6.45, 7) is 0. The fraction of sp³-hybridized carbons (Fsp3) is 0. The molecule has 0 spiro atoms. The molecular weight excluding hydrogens is 236 g/mol. The van der Waals surface area contributed by atoms with Gasteiger partial charge < -0.3 is 0 Å². The lowest BCUT2D eigenvalue weighted by Crippen LogP contribution is -2.37. The van der Waals surface area contributed by atoms with Crippen LogP contribution < -0.4 is 10.9 Å². The standard InChI is InChI=1S/C13H12N2O.ClH/c14-15(12-9-5-2-6-10-12)13(16)11-7-3-1-4-8-11;/h1-10H,14H2;1H. The van der Waals surface area contributed by atoms with Crippen molar-refractivity contribution in [3.05, 3.63) is 66.2 Å². The normalized spacial score (nSPS) is 9.24. The molecule has 88 valence electrons. The molecule has 0 bridgehead atoms. The van der Waals surface area contributed by atoms with Crippen LogP contribution in [0.1, 0.15) is 10.4 Å². The van der Waals surface area contributed by atoms with Gasteiger partial charge in [-0.05, 0) is 24.3 Å². The largest absolute Gasteiger partial charge is 0.272 e. The number of nitrogens with zero attached hydrogens (tertiary/aromatic N) is 1. The number of amides is 1. The molecule has 17 heavy (non-hydrogen) atoms. The number of hydrogen-bond donors (Lipinski definition) is 1. The van der Waals surface area contributed by atoms with Crippen LogP contribution in [0.3, 0.4) is 0 Å². The Hall–Kier alpha value is -1.84. The van der Waals surface area contributed by atoms with E-state index in [2.05, 4.69) is 0 Å². The SMILES string of the molecule is Cl.NN(C(=O)c1ccccc1)c1ccccc1. The predicted octanol–water partition coefficient (Wildman–Crippen LogP) is 2.63. The van der Waals surface area contributed by atoms with Crippen molar-refractivity contribution < 1.29 is 4.79 Å². The molecule has 0 aliphatic heterocycles. The Bertz CT molecular complexity index is 473. The molecule has 2 aromatic rings. The van der Waals surface area contributed by atoms with E-state index in [1.54, 1.807) is 24.3 Å². The van der Waals surface area contributed by atoms with Crippen LogP contribution in [-0.2, 0) is 0 Å². The van der Waals surface area contributed by atoms with Crippen LogP contribution in [0.15, 0.2) is 60.7 Å². The monoisotopic (exact) mass is 248 g/mol. The van der Waals surface area contributed by atoms with Crippen LogP contribution in [0.5, 0.6) is 0 Å². The maximum atomic E-state index is 11.9. The third kappa shape index (κ3) is 3.06. The van der Waals surface area contributed by atoms with Gasteiger partial charge in [0, 0.05) is 5.56 Å². The molecule has 2 aromatic carbocycles. The quantitative estimate of drug-likeness (QED) is 0.505. The molecule has 0 aliphatic carbocycles. The van der Waals surface area contributed by atoms with Gasteiger partial charge in [0.15, 0.2) is 0 Å². The van der Waals surface area contributed by atoms with Crippen LogP contribution in [0.4, 0.5) is 5.69 Å². The lowest BCUT2D eigenvalue weighted by atomic mass is 10.2. The Kier molecular flexibility index (Phi) is 4.69. The van der Waals surface area contributed by atoms with Crippen LogP contribution in [-0.4, -0.2) is 5.91 Å². The van der Waals surface area contributed by atoms with Crippen LogP contribution in [0, 0.1) is 0 Å². The second-order valence-electron chi connectivity index (χ2n) is 3.38. The third-order valence-electron chi connectivity index (χ3n) is 2.27. The average Bonchev–Trinajstić information content (AvgIpc) is 2.39. The summed E-state index contributed by atoms with van der Waals surface area (Å²) in [4.78, 5) is 11.9. The number of nitrogens with two attached hydrogens (primary N) is 1. The first-order valence-corrected chi connectivity index (χ1v) is 4.98. The molecule has 1 amide bonds. The van der Waals surface area contributed by atoms with E-state index in [0.717, 1.165) is 5.01 Å². The van der Waals surface area contributed by atoms with E-state index < -0.39 is 0 Å². The number of para-hydroxylation sites is 1. The zero-order valence-electron chi connectivity index (χ0n) is 9.11. The molecule has 0 aliphatic rings. The third-order valence-corrected chi connectivity index (χ3v) is 2.27. The molecule has 3 nitrogen and oxygen atoms in total. The van der Waals surface area contributed by atoms with Gasteiger partial charge in [0.25, 0.3) is 5.91 Å². The predicted molar refractivity (Wildman–Crippen MR) is 71.1 cm³/mol. The summed E-state index contributed by atoms with van der Waals surface area (Å²) in [6, 6.07) is 18.1. The maximum Gasteiger partial charge on any atom is 0.272 e. The number of anilines is 1. The van der Waals surface area contributed by atoms with Gasteiger partial charge >= 0.3 is 0 Å². The highest BCUT2D eigenvalue weighted by molar-refractivity contribution is 6.05. The lowest BCUT2D eigenvalue weighted by molar-refractivity contribution is 0.0987. The van der Waals surface area contributed by atoms with E-state index in [1.807, 2.05) is 36.4 Å². The lowest BCUT2D eigenvalue weighted by Gasteiger charge is -2.16. The van der Waals surface area contributed by atoms with Gasteiger partial charge in [0.05, 0.1) is 5.69 Å². The molecule has 2 N–H and O–H groups in total. The van der Waals surface area contributed by atoms with Gasteiger partial charge in [-0.3, -0.25) is 4.79 Å². The Morgan fingerprint density at radius 3 is 1.88 bits per heavy atom. The highest BCUT2D eigenvalue weighted by Gasteiger charge is 2.12. The Balaban J connectivity index is 0.00000144. The van der Waals surface area contributed by atoms with Crippen molar-refractivity contribution in [1.82, 2.24) is 0 Å². The van der Waals surface area contributed by atoms with Crippen molar-refractivity contribution in [1.29, 1.82) is 0 Å². The molecule has 4 heteroatoms. The molecule has 0 saturated heterocycles. The number of hydrazine groups is 1. The summed E-state index contributed by atoms with van der Waals surface area (Å²) in [5.41, 5.74) is 1.25. The van der Waals surface area contributed by atoms with Gasteiger partial charge in [0.2, 0.25) is 0 Å². The van der Waals surface area contributed by atoms with Crippen molar-refractivity contribution in [2.75, 3.05) is 5.01 Å². The number of rotatable bonds is 2. The summed E-state index contributed by atoms with van der Waals surface area (Å²) in [7, 11) is 0. The van der Waals surface area contributed by atoms with Gasteiger partial charge in [0.1, 0.15) is 0 Å². The summed E-state index contributed by atoms with van der Waals surface area (Å²) >= 11 is 0. The first kappa shape index (κ1) is 13.2. The number of carbonyl (C=O) groups excluding carboxylic acids is 1. The number of halogens is 1. The zero-order valence-corrected chi connectivity index (χ0v) is 9.93.